The second-order valence-electron chi connectivity index (χ2n) is 5.05. The first-order chi connectivity index (χ1) is 11.0. The van der Waals surface area contributed by atoms with Crippen molar-refractivity contribution in [3.63, 3.8) is 0 Å². The monoisotopic (exact) mass is 329 g/mol. The van der Waals surface area contributed by atoms with Gasteiger partial charge in [-0.3, -0.25) is 4.79 Å². The van der Waals surface area contributed by atoms with Crippen LogP contribution in [-0.4, -0.2) is 5.91 Å². The van der Waals surface area contributed by atoms with Gasteiger partial charge in [0.1, 0.15) is 17.3 Å². The molecule has 0 atom stereocenters. The summed E-state index contributed by atoms with van der Waals surface area (Å²) in [6, 6.07) is 14.4. The fraction of sp³-hybridized carbons (Fsp3) is 0.0556. The Morgan fingerprint density at radius 1 is 1.13 bits per heavy atom. The largest absolute Gasteiger partial charge is 0.461 e. The normalized spacial score (nSPS) is 10.6. The molecule has 0 aliphatic carbocycles. The summed E-state index contributed by atoms with van der Waals surface area (Å²) in [4.78, 5) is 12.4. The maximum absolute atomic E-state index is 13.0. The van der Waals surface area contributed by atoms with Crippen molar-refractivity contribution in [1.29, 1.82) is 0 Å². The van der Waals surface area contributed by atoms with Crippen LogP contribution in [0.3, 0.4) is 0 Å². The summed E-state index contributed by atoms with van der Waals surface area (Å²) >= 11 is 5.90. The Hall–Kier alpha value is -2.59. The third-order valence-electron chi connectivity index (χ3n) is 3.37. The highest BCUT2D eigenvalue weighted by Gasteiger charge is 2.16. The zero-order chi connectivity index (χ0) is 16.4. The third kappa shape index (κ3) is 3.43. The van der Waals surface area contributed by atoms with Crippen LogP contribution in [0.5, 0.6) is 0 Å². The first-order valence-electron chi connectivity index (χ1n) is 6.96. The summed E-state index contributed by atoms with van der Waals surface area (Å²) in [6.45, 7) is 1.71. The molecular formula is C18H13ClFNO2. The minimum absolute atomic E-state index is 0.290. The van der Waals surface area contributed by atoms with E-state index in [4.69, 9.17) is 16.0 Å². The molecule has 1 aromatic heterocycles. The lowest BCUT2D eigenvalue weighted by atomic mass is 10.1. The summed E-state index contributed by atoms with van der Waals surface area (Å²) in [6.07, 6.45) is 0. The second-order valence-corrected chi connectivity index (χ2v) is 5.49. The Morgan fingerprint density at radius 2 is 1.87 bits per heavy atom. The van der Waals surface area contributed by atoms with Gasteiger partial charge in [-0.15, -0.1) is 0 Å². The van der Waals surface area contributed by atoms with E-state index in [0.717, 1.165) is 0 Å². The number of amides is 1. The van der Waals surface area contributed by atoms with E-state index >= 15 is 0 Å². The van der Waals surface area contributed by atoms with E-state index in [-0.39, 0.29) is 11.7 Å². The number of rotatable bonds is 3. The van der Waals surface area contributed by atoms with Gasteiger partial charge < -0.3 is 9.73 Å². The number of carbonyl (C=O) groups is 1. The van der Waals surface area contributed by atoms with Crippen LogP contribution in [0.1, 0.15) is 16.1 Å². The summed E-state index contributed by atoms with van der Waals surface area (Å²) in [7, 11) is 0. The zero-order valence-corrected chi connectivity index (χ0v) is 13.0. The average Bonchev–Trinajstić information content (AvgIpc) is 2.90. The average molecular weight is 330 g/mol. The molecule has 5 heteroatoms. The van der Waals surface area contributed by atoms with Crippen LogP contribution in [0, 0.1) is 12.7 Å². The van der Waals surface area contributed by atoms with Gasteiger partial charge in [0, 0.05) is 16.3 Å². The van der Waals surface area contributed by atoms with Crippen molar-refractivity contribution >= 4 is 23.2 Å². The SMILES string of the molecule is Cc1oc(-c2ccc(F)cc2)cc1C(=O)Nc1cccc(Cl)c1. The molecule has 23 heavy (non-hydrogen) atoms. The van der Waals surface area contributed by atoms with Gasteiger partial charge in [-0.1, -0.05) is 17.7 Å². The van der Waals surface area contributed by atoms with Crippen molar-refractivity contribution in [1.82, 2.24) is 0 Å². The molecule has 3 nitrogen and oxygen atoms in total. The van der Waals surface area contributed by atoms with Gasteiger partial charge in [0.2, 0.25) is 0 Å². The van der Waals surface area contributed by atoms with Crippen LogP contribution in [0.25, 0.3) is 11.3 Å². The van der Waals surface area contributed by atoms with E-state index in [9.17, 15) is 9.18 Å². The fourth-order valence-electron chi connectivity index (χ4n) is 2.23. The first-order valence-corrected chi connectivity index (χ1v) is 7.34. The molecule has 116 valence electrons. The van der Waals surface area contributed by atoms with Gasteiger partial charge in [-0.2, -0.15) is 0 Å². The molecule has 1 heterocycles. The van der Waals surface area contributed by atoms with Crippen LogP contribution in [0.15, 0.2) is 59.0 Å². The summed E-state index contributed by atoms with van der Waals surface area (Å²) < 4.78 is 18.6. The fourth-order valence-corrected chi connectivity index (χ4v) is 2.42. The number of halogens is 2. The lowest BCUT2D eigenvalue weighted by Gasteiger charge is -2.04. The zero-order valence-electron chi connectivity index (χ0n) is 12.3. The highest BCUT2D eigenvalue weighted by Crippen LogP contribution is 2.26. The Morgan fingerprint density at radius 3 is 2.57 bits per heavy atom. The molecule has 3 rings (SSSR count). The highest BCUT2D eigenvalue weighted by atomic mass is 35.5. The van der Waals surface area contributed by atoms with Crippen LogP contribution in [0.2, 0.25) is 5.02 Å². The van der Waals surface area contributed by atoms with E-state index in [1.165, 1.54) is 12.1 Å². The molecule has 0 aliphatic heterocycles. The summed E-state index contributed by atoms with van der Waals surface area (Å²) in [5.74, 6) is 0.389. The van der Waals surface area contributed by atoms with Crippen LogP contribution in [-0.2, 0) is 0 Å². The standard InChI is InChI=1S/C18H13ClFNO2/c1-11-16(18(22)21-15-4-2-3-13(19)9-15)10-17(23-11)12-5-7-14(20)8-6-12/h2-10H,1H3,(H,21,22). The van der Waals surface area contributed by atoms with Crippen LogP contribution >= 0.6 is 11.6 Å². The molecule has 0 saturated heterocycles. The van der Waals surface area contributed by atoms with Gasteiger partial charge in [0.15, 0.2) is 0 Å². The third-order valence-corrected chi connectivity index (χ3v) is 3.61. The molecule has 0 unspecified atom stereocenters. The molecular weight excluding hydrogens is 317 g/mol. The molecule has 0 radical (unpaired) electrons. The van der Waals surface area contributed by atoms with Crippen LogP contribution in [0.4, 0.5) is 10.1 Å². The molecule has 0 fully saturated rings. The molecule has 0 saturated carbocycles. The summed E-state index contributed by atoms with van der Waals surface area (Å²) in [5.41, 5.74) is 1.73. The van der Waals surface area contributed by atoms with Gasteiger partial charge in [0.25, 0.3) is 5.91 Å². The smallest absolute Gasteiger partial charge is 0.259 e. The first kappa shape index (κ1) is 15.3. The maximum atomic E-state index is 13.0. The van der Waals surface area contributed by atoms with Crippen molar-refractivity contribution in [2.75, 3.05) is 5.32 Å². The molecule has 0 bridgehead atoms. The molecule has 1 amide bonds. The van der Waals surface area contributed by atoms with Crippen molar-refractivity contribution in [2.45, 2.75) is 6.92 Å². The molecule has 1 N–H and O–H groups in total. The number of aryl methyl sites for hydroxylation is 1. The second kappa shape index (κ2) is 6.26. The predicted octanol–water partition coefficient (Wildman–Crippen LogP) is 5.30. The predicted molar refractivity (Wildman–Crippen MR) is 88.2 cm³/mol. The van der Waals surface area contributed by atoms with Crippen LogP contribution < -0.4 is 5.32 Å². The Kier molecular flexibility index (Phi) is 4.17. The Balaban J connectivity index is 1.85. The quantitative estimate of drug-likeness (QED) is 0.708. The molecule has 0 spiro atoms. The maximum Gasteiger partial charge on any atom is 0.259 e. The number of nitrogens with one attached hydrogen (secondary N) is 1. The van der Waals surface area contributed by atoms with E-state index in [2.05, 4.69) is 5.32 Å². The van der Waals surface area contributed by atoms with E-state index in [1.54, 1.807) is 49.4 Å². The van der Waals surface area contributed by atoms with Crippen molar-refractivity contribution in [3.8, 4) is 11.3 Å². The Labute approximate surface area is 137 Å². The molecule has 3 aromatic rings. The van der Waals surface area contributed by atoms with E-state index in [0.29, 0.717) is 33.4 Å². The van der Waals surface area contributed by atoms with Crippen molar-refractivity contribution in [3.05, 3.63) is 76.8 Å². The highest BCUT2D eigenvalue weighted by molar-refractivity contribution is 6.31. The van der Waals surface area contributed by atoms with Gasteiger partial charge in [-0.25, -0.2) is 4.39 Å². The number of carbonyl (C=O) groups excluding carboxylic acids is 1. The number of anilines is 1. The van der Waals surface area contributed by atoms with E-state index < -0.39 is 0 Å². The molecule has 2 aromatic carbocycles. The lowest BCUT2D eigenvalue weighted by Crippen LogP contribution is -2.11. The van der Waals surface area contributed by atoms with Crippen molar-refractivity contribution in [2.24, 2.45) is 0 Å². The minimum Gasteiger partial charge on any atom is -0.461 e. The van der Waals surface area contributed by atoms with E-state index in [1.807, 2.05) is 0 Å². The number of benzene rings is 2. The Bertz CT molecular complexity index is 856. The minimum atomic E-state index is -0.323. The van der Waals surface area contributed by atoms with Gasteiger partial charge in [-0.05, 0) is 55.5 Å². The summed E-state index contributed by atoms with van der Waals surface area (Å²) in [5, 5.41) is 3.31. The number of hydrogen-bond donors (Lipinski definition) is 1. The van der Waals surface area contributed by atoms with Gasteiger partial charge in [0.05, 0.1) is 5.56 Å². The number of furan rings is 1. The lowest BCUT2D eigenvalue weighted by molar-refractivity contribution is 0.102. The van der Waals surface area contributed by atoms with Gasteiger partial charge >= 0.3 is 0 Å². The number of hydrogen-bond acceptors (Lipinski definition) is 2. The molecule has 0 aliphatic rings. The topological polar surface area (TPSA) is 42.2 Å². The van der Waals surface area contributed by atoms with Crippen molar-refractivity contribution < 1.29 is 13.6 Å².